The Labute approximate surface area is 206 Å². The second-order valence-corrected chi connectivity index (χ2v) is 8.80. The van der Waals surface area contributed by atoms with Crippen LogP contribution in [0.25, 0.3) is 22.2 Å². The van der Waals surface area contributed by atoms with Crippen LogP contribution in [0.4, 0.5) is 14.7 Å². The summed E-state index contributed by atoms with van der Waals surface area (Å²) in [6.07, 6.45) is 2.13. The summed E-state index contributed by atoms with van der Waals surface area (Å²) in [4.78, 5) is 20.5. The average Bonchev–Trinajstić information content (AvgIpc) is 3.28. The highest BCUT2D eigenvalue weighted by Gasteiger charge is 2.23. The molecule has 184 valence electrons. The number of rotatable bonds is 9. The second-order valence-electron chi connectivity index (χ2n) is 7.21. The number of fused-ring (bicyclic) bond motifs is 1. The Balaban J connectivity index is 1.73. The minimum atomic E-state index is -2.65. The van der Waals surface area contributed by atoms with E-state index in [-0.39, 0.29) is 23.3 Å². The summed E-state index contributed by atoms with van der Waals surface area (Å²) in [7, 11) is 0.744. The standard InChI is InChI=1S/C22H21ClF2N6O3S/c1-4-14-19(27-8-7-26-14)17-13(23)6-5-11-15(10-28-18(11)17)35(32)31-22-29-20(33-2)12(9-16(24)25)21(30-22)34-3/h5-8,10,16,28H,4,9H2,1-3H3,(H,29,30,31). The Kier molecular flexibility index (Phi) is 7.41. The van der Waals surface area contributed by atoms with Gasteiger partial charge in [-0.1, -0.05) is 24.6 Å². The highest BCUT2D eigenvalue weighted by Crippen LogP contribution is 2.37. The normalized spacial score (nSPS) is 12.2. The molecule has 0 bridgehead atoms. The van der Waals surface area contributed by atoms with Crippen molar-refractivity contribution >= 4 is 39.4 Å². The molecular formula is C22H21ClF2N6O3S. The van der Waals surface area contributed by atoms with Crippen molar-refractivity contribution in [2.45, 2.75) is 31.1 Å². The van der Waals surface area contributed by atoms with Crippen molar-refractivity contribution < 1.29 is 22.5 Å². The van der Waals surface area contributed by atoms with E-state index in [4.69, 9.17) is 21.1 Å². The highest BCUT2D eigenvalue weighted by molar-refractivity contribution is 7.86. The van der Waals surface area contributed by atoms with Crippen LogP contribution in [0.5, 0.6) is 11.8 Å². The number of anilines is 1. The van der Waals surface area contributed by atoms with Crippen LogP contribution in [0.1, 0.15) is 18.2 Å². The lowest BCUT2D eigenvalue weighted by Gasteiger charge is -2.13. The zero-order valence-electron chi connectivity index (χ0n) is 18.9. The number of aryl methyl sites for hydroxylation is 1. The van der Waals surface area contributed by atoms with Crippen LogP contribution in [-0.2, 0) is 23.8 Å². The summed E-state index contributed by atoms with van der Waals surface area (Å²) < 4.78 is 52.2. The van der Waals surface area contributed by atoms with E-state index in [1.165, 1.54) is 14.2 Å². The van der Waals surface area contributed by atoms with Gasteiger partial charge < -0.3 is 14.5 Å². The van der Waals surface area contributed by atoms with Crippen LogP contribution in [-0.4, -0.2) is 49.8 Å². The zero-order chi connectivity index (χ0) is 25.1. The van der Waals surface area contributed by atoms with Crippen molar-refractivity contribution in [2.75, 3.05) is 18.9 Å². The molecule has 1 atom stereocenters. The number of nitrogens with zero attached hydrogens (tertiary/aromatic N) is 4. The van der Waals surface area contributed by atoms with E-state index in [1.807, 2.05) is 6.92 Å². The van der Waals surface area contributed by atoms with E-state index < -0.39 is 23.8 Å². The smallest absolute Gasteiger partial charge is 0.243 e. The summed E-state index contributed by atoms with van der Waals surface area (Å²) >= 11 is 6.52. The average molecular weight is 523 g/mol. The fraction of sp³-hybridized carbons (Fsp3) is 0.273. The lowest BCUT2D eigenvalue weighted by molar-refractivity contribution is 0.146. The number of aromatic amines is 1. The maximum Gasteiger partial charge on any atom is 0.243 e. The van der Waals surface area contributed by atoms with Gasteiger partial charge in [-0.3, -0.25) is 14.7 Å². The van der Waals surface area contributed by atoms with Gasteiger partial charge in [-0.2, -0.15) is 9.97 Å². The van der Waals surface area contributed by atoms with E-state index in [2.05, 4.69) is 29.6 Å². The maximum absolute atomic E-state index is 13.2. The van der Waals surface area contributed by atoms with Gasteiger partial charge in [-0.05, 0) is 12.5 Å². The topological polar surface area (TPSA) is 115 Å². The molecule has 0 aliphatic rings. The number of nitrogens with one attached hydrogen (secondary N) is 2. The number of H-pyrrole nitrogens is 1. The van der Waals surface area contributed by atoms with E-state index in [1.54, 1.807) is 30.7 Å². The van der Waals surface area contributed by atoms with Crippen LogP contribution in [0.15, 0.2) is 35.6 Å². The summed E-state index contributed by atoms with van der Waals surface area (Å²) in [5.74, 6) is -0.306. The third kappa shape index (κ3) is 4.89. The first-order valence-electron chi connectivity index (χ1n) is 10.4. The predicted octanol–water partition coefficient (Wildman–Crippen LogP) is 4.59. The largest absolute Gasteiger partial charge is 0.481 e. The fourth-order valence-electron chi connectivity index (χ4n) is 3.66. The van der Waals surface area contributed by atoms with E-state index in [0.717, 1.165) is 5.69 Å². The third-order valence-corrected chi connectivity index (χ3v) is 6.59. The first-order chi connectivity index (χ1) is 16.9. The molecule has 3 heterocycles. The first kappa shape index (κ1) is 24.7. The van der Waals surface area contributed by atoms with E-state index >= 15 is 0 Å². The van der Waals surface area contributed by atoms with Crippen LogP contribution in [0.3, 0.4) is 0 Å². The molecule has 2 N–H and O–H groups in total. The third-order valence-electron chi connectivity index (χ3n) is 5.17. The van der Waals surface area contributed by atoms with Crippen molar-refractivity contribution in [1.29, 1.82) is 0 Å². The van der Waals surface area contributed by atoms with E-state index in [0.29, 0.717) is 38.5 Å². The number of halogens is 3. The quantitative estimate of drug-likeness (QED) is 0.330. The minimum Gasteiger partial charge on any atom is -0.481 e. The Morgan fingerprint density at radius 1 is 1.14 bits per heavy atom. The van der Waals surface area contributed by atoms with Crippen LogP contribution in [0, 0.1) is 0 Å². The predicted molar refractivity (Wildman–Crippen MR) is 129 cm³/mol. The molecule has 13 heteroatoms. The lowest BCUT2D eigenvalue weighted by atomic mass is 10.1. The molecule has 4 rings (SSSR count). The molecule has 0 radical (unpaired) electrons. The second kappa shape index (κ2) is 10.5. The Bertz CT molecular complexity index is 1380. The summed E-state index contributed by atoms with van der Waals surface area (Å²) in [5.41, 5.74) is 2.71. The molecule has 0 aliphatic carbocycles. The number of ether oxygens (including phenoxy) is 2. The summed E-state index contributed by atoms with van der Waals surface area (Å²) in [6, 6.07) is 3.44. The first-order valence-corrected chi connectivity index (χ1v) is 12.0. The molecule has 0 saturated carbocycles. The molecule has 0 aliphatic heterocycles. The number of benzene rings is 1. The molecule has 0 saturated heterocycles. The lowest BCUT2D eigenvalue weighted by Crippen LogP contribution is -2.12. The molecule has 1 unspecified atom stereocenters. The zero-order valence-corrected chi connectivity index (χ0v) is 20.5. The van der Waals surface area contributed by atoms with Gasteiger partial charge in [0, 0.05) is 36.0 Å². The Morgan fingerprint density at radius 2 is 1.83 bits per heavy atom. The van der Waals surface area contributed by atoms with Crippen molar-refractivity contribution in [3.8, 4) is 23.0 Å². The molecule has 3 aromatic heterocycles. The minimum absolute atomic E-state index is 0.0170. The maximum atomic E-state index is 13.2. The molecule has 9 nitrogen and oxygen atoms in total. The van der Waals surface area contributed by atoms with Gasteiger partial charge >= 0.3 is 0 Å². The monoisotopic (exact) mass is 522 g/mol. The fourth-order valence-corrected chi connectivity index (χ4v) is 4.81. The Morgan fingerprint density at radius 3 is 2.46 bits per heavy atom. The number of aromatic nitrogens is 5. The molecule has 35 heavy (non-hydrogen) atoms. The Hall–Kier alpha value is -3.38. The van der Waals surface area contributed by atoms with Gasteiger partial charge in [-0.15, -0.1) is 0 Å². The van der Waals surface area contributed by atoms with Crippen LogP contribution in [0.2, 0.25) is 5.02 Å². The summed E-state index contributed by atoms with van der Waals surface area (Å²) in [5, 5.41) is 1.10. The number of methoxy groups -OCH3 is 2. The summed E-state index contributed by atoms with van der Waals surface area (Å²) in [6.45, 7) is 1.97. The number of alkyl halides is 2. The van der Waals surface area contributed by atoms with E-state index in [9.17, 15) is 13.0 Å². The number of hydrogen-bond donors (Lipinski definition) is 2. The van der Waals surface area contributed by atoms with Crippen molar-refractivity contribution in [3.05, 3.63) is 47.0 Å². The molecule has 0 fully saturated rings. The van der Waals surface area contributed by atoms with Crippen molar-refractivity contribution in [1.82, 2.24) is 24.9 Å². The van der Waals surface area contributed by atoms with Gasteiger partial charge in [0.05, 0.1) is 46.6 Å². The van der Waals surface area contributed by atoms with Crippen LogP contribution >= 0.6 is 11.6 Å². The van der Waals surface area contributed by atoms with Gasteiger partial charge in [0.2, 0.25) is 24.1 Å². The van der Waals surface area contributed by atoms with Gasteiger partial charge in [0.15, 0.2) is 11.0 Å². The van der Waals surface area contributed by atoms with Crippen molar-refractivity contribution in [2.24, 2.45) is 0 Å². The van der Waals surface area contributed by atoms with Gasteiger partial charge in [0.25, 0.3) is 0 Å². The van der Waals surface area contributed by atoms with Gasteiger partial charge in [-0.25, -0.2) is 13.0 Å². The molecular weight excluding hydrogens is 502 g/mol. The van der Waals surface area contributed by atoms with Crippen molar-refractivity contribution in [3.63, 3.8) is 0 Å². The SMILES string of the molecule is CCc1nccnc1-c1c(Cl)ccc2c(S(=O)Nc3nc(OC)c(CC(F)F)c(OC)n3)c[nH]c12. The van der Waals surface area contributed by atoms with Crippen LogP contribution < -0.4 is 14.2 Å². The molecule has 0 spiro atoms. The molecule has 1 aromatic carbocycles. The molecule has 0 amide bonds. The molecule has 4 aromatic rings. The highest BCUT2D eigenvalue weighted by atomic mass is 35.5. The van der Waals surface area contributed by atoms with Gasteiger partial charge in [0.1, 0.15) is 0 Å². The number of hydrogen-bond acceptors (Lipinski definition) is 7.